The monoisotopic (exact) mass is 485 g/mol. The molecule has 8 nitrogen and oxygen atoms in total. The Morgan fingerprint density at radius 3 is 2.64 bits per heavy atom. The molecule has 1 aliphatic heterocycles. The summed E-state index contributed by atoms with van der Waals surface area (Å²) in [5.41, 5.74) is 10.8. The number of anilines is 1. The van der Waals surface area contributed by atoms with Crippen LogP contribution in [0.5, 0.6) is 0 Å². The largest absolute Gasteiger partial charge is 0.389 e. The molecule has 1 atom stereocenters. The van der Waals surface area contributed by atoms with E-state index in [9.17, 15) is 22.4 Å². The van der Waals surface area contributed by atoms with Crippen LogP contribution in [0, 0.1) is 17.0 Å². The molecular weight excluding hydrogens is 462 g/mol. The van der Waals surface area contributed by atoms with Crippen LogP contribution in [0.4, 0.5) is 22.6 Å². The fourth-order valence-corrected chi connectivity index (χ4v) is 4.41. The van der Waals surface area contributed by atoms with Crippen molar-refractivity contribution in [3.8, 4) is 10.6 Å². The van der Waals surface area contributed by atoms with Gasteiger partial charge in [0.15, 0.2) is 5.69 Å². The molecule has 2 heterocycles. The number of nitrogen functional groups attached to an aromatic ring is 1. The minimum absolute atomic E-state index is 0.0845. The van der Waals surface area contributed by atoms with E-state index in [2.05, 4.69) is 15.6 Å². The number of amides is 1. The second-order valence-electron chi connectivity index (χ2n) is 7.47. The van der Waals surface area contributed by atoms with Gasteiger partial charge in [-0.2, -0.15) is 0 Å². The number of carbonyl (C=O) groups is 1. The Labute approximate surface area is 191 Å². The van der Waals surface area contributed by atoms with E-state index >= 15 is 0 Å². The van der Waals surface area contributed by atoms with E-state index in [0.29, 0.717) is 0 Å². The maximum absolute atomic E-state index is 14.2. The van der Waals surface area contributed by atoms with Crippen molar-refractivity contribution in [2.45, 2.75) is 24.8 Å². The number of thiazole rings is 1. The van der Waals surface area contributed by atoms with Crippen molar-refractivity contribution < 1.29 is 22.4 Å². The number of hydrogen-bond acceptors (Lipinski definition) is 8. The molecule has 1 aromatic carbocycles. The summed E-state index contributed by atoms with van der Waals surface area (Å²) in [6.07, 6.45) is 0.598. The molecule has 0 radical (unpaired) electrons. The van der Waals surface area contributed by atoms with Gasteiger partial charge in [0, 0.05) is 32.3 Å². The van der Waals surface area contributed by atoms with E-state index in [0.717, 1.165) is 29.7 Å². The molecule has 1 fully saturated rings. The Balaban J connectivity index is 1.91. The number of carbonyl (C=O) groups excluding carboxylic acids is 1. The van der Waals surface area contributed by atoms with Gasteiger partial charge >= 0.3 is 0 Å². The van der Waals surface area contributed by atoms with Crippen LogP contribution < -0.4 is 22.1 Å². The lowest BCUT2D eigenvalue weighted by Crippen LogP contribution is -2.41. The quantitative estimate of drug-likeness (QED) is 0.315. The molecule has 178 valence electrons. The van der Waals surface area contributed by atoms with Gasteiger partial charge in [-0.25, -0.2) is 22.5 Å². The average molecular weight is 486 g/mol. The highest BCUT2D eigenvalue weighted by Crippen LogP contribution is 2.33. The number of aromatic nitrogens is 1. The van der Waals surface area contributed by atoms with E-state index < -0.39 is 48.0 Å². The number of alkyl halides is 2. The first-order chi connectivity index (χ1) is 15.6. The fraction of sp³-hybridized carbons (Fsp3) is 0.350. The van der Waals surface area contributed by atoms with Crippen molar-refractivity contribution in [2.24, 2.45) is 5.73 Å². The molecule has 0 saturated carbocycles. The molecule has 2 aromatic rings. The number of nitrogens with zero attached hydrogens (tertiary/aromatic N) is 2. The van der Waals surface area contributed by atoms with Crippen LogP contribution in [0.3, 0.4) is 0 Å². The molecular formula is C20H23F4N7OS. The second kappa shape index (κ2) is 9.75. The fourth-order valence-electron chi connectivity index (χ4n) is 3.53. The van der Waals surface area contributed by atoms with Crippen molar-refractivity contribution in [1.29, 1.82) is 5.41 Å². The number of rotatable bonds is 6. The van der Waals surface area contributed by atoms with Gasteiger partial charge in [-0.15, -0.1) is 0 Å². The standard InChI is InChI=1S/C20H23F4N7OS/c1-28-17(31-6-5-10(26)7-20(23,24)9-31)13(8-25)29-18(32)15-16(27)33-19(30-15)14-11(21)3-2-4-12(14)22/h2-4,8,10,25,28H,5-7,9,26-27H2,1H3,(H,29,32)/b17-13-,25-8?. The lowest BCUT2D eigenvalue weighted by Gasteiger charge is -2.29. The summed E-state index contributed by atoms with van der Waals surface area (Å²) in [6.45, 7) is -0.477. The molecule has 13 heteroatoms. The lowest BCUT2D eigenvalue weighted by molar-refractivity contribution is -0.0268. The molecule has 0 spiro atoms. The van der Waals surface area contributed by atoms with E-state index in [1.165, 1.54) is 18.0 Å². The molecule has 1 aliphatic rings. The highest BCUT2D eigenvalue weighted by molar-refractivity contribution is 7.19. The number of likely N-dealkylation sites (tertiary alicyclic amines) is 1. The molecule has 3 rings (SSSR count). The van der Waals surface area contributed by atoms with Crippen LogP contribution in [0.25, 0.3) is 10.6 Å². The molecule has 33 heavy (non-hydrogen) atoms. The van der Waals surface area contributed by atoms with Gasteiger partial charge in [0.2, 0.25) is 0 Å². The summed E-state index contributed by atoms with van der Waals surface area (Å²) in [4.78, 5) is 18.1. The lowest BCUT2D eigenvalue weighted by atomic mass is 10.1. The molecule has 0 aliphatic carbocycles. The molecule has 7 N–H and O–H groups in total. The number of allylic oxidation sites excluding steroid dienone is 1. The topological polar surface area (TPSA) is 133 Å². The normalized spacial score (nSPS) is 18.8. The summed E-state index contributed by atoms with van der Waals surface area (Å²) in [6, 6.07) is 2.60. The van der Waals surface area contributed by atoms with Crippen LogP contribution >= 0.6 is 11.3 Å². The number of nitrogens with two attached hydrogens (primary N) is 2. The van der Waals surface area contributed by atoms with Crippen molar-refractivity contribution in [3.05, 3.63) is 47.0 Å². The third-order valence-corrected chi connectivity index (χ3v) is 5.90. The summed E-state index contributed by atoms with van der Waals surface area (Å²) in [7, 11) is 1.46. The van der Waals surface area contributed by atoms with Crippen LogP contribution in [0.2, 0.25) is 0 Å². The highest BCUT2D eigenvalue weighted by Gasteiger charge is 2.38. The van der Waals surface area contributed by atoms with E-state index in [4.69, 9.17) is 16.9 Å². The number of hydrogen-bond donors (Lipinski definition) is 5. The van der Waals surface area contributed by atoms with Gasteiger partial charge in [-0.1, -0.05) is 17.4 Å². The number of benzene rings is 1. The molecule has 1 amide bonds. The minimum atomic E-state index is -3.06. The van der Waals surface area contributed by atoms with Crippen LogP contribution in [0.1, 0.15) is 23.3 Å². The number of halogens is 4. The summed E-state index contributed by atoms with van der Waals surface area (Å²) < 4.78 is 56.6. The Bertz CT molecular complexity index is 1070. The van der Waals surface area contributed by atoms with E-state index in [-0.39, 0.29) is 40.2 Å². The summed E-state index contributed by atoms with van der Waals surface area (Å²) >= 11 is 0.717. The van der Waals surface area contributed by atoms with Crippen molar-refractivity contribution in [1.82, 2.24) is 20.5 Å². The molecule has 1 aromatic heterocycles. The maximum atomic E-state index is 14.2. The third kappa shape index (κ3) is 5.42. The SMILES string of the molecule is CN/C(=C(\C=N)NC(=O)c1nc(-c2c(F)cccc2F)sc1N)N1CCC(N)CC(F)(F)C1. The zero-order valence-corrected chi connectivity index (χ0v) is 18.4. The predicted molar refractivity (Wildman–Crippen MR) is 118 cm³/mol. The zero-order chi connectivity index (χ0) is 24.3. The smallest absolute Gasteiger partial charge is 0.277 e. The van der Waals surface area contributed by atoms with Gasteiger partial charge in [-0.05, 0) is 18.6 Å². The first kappa shape index (κ1) is 24.5. The third-order valence-electron chi connectivity index (χ3n) is 5.00. The first-order valence-electron chi connectivity index (χ1n) is 9.89. The number of nitrogens with one attached hydrogen (secondary N) is 3. The van der Waals surface area contributed by atoms with E-state index in [1.54, 1.807) is 0 Å². The van der Waals surface area contributed by atoms with Crippen LogP contribution in [0.15, 0.2) is 29.7 Å². The van der Waals surface area contributed by atoms with Crippen LogP contribution in [-0.4, -0.2) is 54.1 Å². The Morgan fingerprint density at radius 2 is 2.03 bits per heavy atom. The first-order valence-corrected chi connectivity index (χ1v) is 10.7. The van der Waals surface area contributed by atoms with Crippen molar-refractivity contribution >= 4 is 28.5 Å². The van der Waals surface area contributed by atoms with Crippen LogP contribution in [-0.2, 0) is 0 Å². The molecule has 1 saturated heterocycles. The minimum Gasteiger partial charge on any atom is -0.389 e. The predicted octanol–water partition coefficient (Wildman–Crippen LogP) is 2.50. The highest BCUT2D eigenvalue weighted by atomic mass is 32.1. The summed E-state index contributed by atoms with van der Waals surface area (Å²) in [5.74, 6) is -5.58. The molecule has 1 unspecified atom stereocenters. The van der Waals surface area contributed by atoms with Gasteiger partial charge in [0.25, 0.3) is 11.8 Å². The summed E-state index contributed by atoms with van der Waals surface area (Å²) in [5, 5.41) is 12.6. The maximum Gasteiger partial charge on any atom is 0.277 e. The second-order valence-corrected chi connectivity index (χ2v) is 8.50. The Hall–Kier alpha value is -3.19. The van der Waals surface area contributed by atoms with Crippen molar-refractivity contribution in [2.75, 3.05) is 25.9 Å². The van der Waals surface area contributed by atoms with Gasteiger partial charge in [0.05, 0.1) is 17.8 Å². The van der Waals surface area contributed by atoms with Crippen molar-refractivity contribution in [3.63, 3.8) is 0 Å². The van der Waals surface area contributed by atoms with Gasteiger partial charge in [0.1, 0.15) is 27.5 Å². The Kier molecular flexibility index (Phi) is 7.22. The zero-order valence-electron chi connectivity index (χ0n) is 17.6. The van der Waals surface area contributed by atoms with Gasteiger partial charge < -0.3 is 32.4 Å². The molecule has 0 bridgehead atoms. The van der Waals surface area contributed by atoms with E-state index in [1.807, 2.05) is 0 Å². The average Bonchev–Trinajstić information content (AvgIpc) is 3.05. The Morgan fingerprint density at radius 1 is 1.36 bits per heavy atom. The van der Waals surface area contributed by atoms with Gasteiger partial charge in [-0.3, -0.25) is 4.79 Å².